The van der Waals surface area contributed by atoms with E-state index in [4.69, 9.17) is 21.4 Å². The SMILES string of the molecule is Cc1ccc(OCC(O)CSC2C(O)CC(O)C2CCCCCC(=O)O)c(Cl)c1. The molecule has 5 atom stereocenters. The van der Waals surface area contributed by atoms with Crippen molar-refractivity contribution >= 4 is 29.3 Å². The van der Waals surface area contributed by atoms with Crippen LogP contribution < -0.4 is 4.74 Å². The number of halogens is 1. The molecule has 0 spiro atoms. The minimum absolute atomic E-state index is 0.0560. The first-order valence-corrected chi connectivity index (χ1v) is 11.5. The topological polar surface area (TPSA) is 107 Å². The van der Waals surface area contributed by atoms with Crippen LogP contribution in [-0.4, -0.2) is 62.3 Å². The lowest BCUT2D eigenvalue weighted by atomic mass is 9.97. The molecular weight excluding hydrogens is 416 g/mol. The number of unbranched alkanes of at least 4 members (excludes halogenated alkanes) is 2. The van der Waals surface area contributed by atoms with Crippen LogP contribution in [0, 0.1) is 12.8 Å². The highest BCUT2D eigenvalue weighted by molar-refractivity contribution is 8.00. The van der Waals surface area contributed by atoms with Crippen LogP contribution in [0.4, 0.5) is 0 Å². The second-order valence-electron chi connectivity index (χ2n) is 7.72. The number of aryl methyl sites for hydroxylation is 1. The third-order valence-electron chi connectivity index (χ3n) is 5.21. The minimum Gasteiger partial charge on any atom is -0.489 e. The van der Waals surface area contributed by atoms with E-state index in [9.17, 15) is 20.1 Å². The molecular formula is C21H31ClO6S. The highest BCUT2D eigenvalue weighted by Crippen LogP contribution is 2.39. The van der Waals surface area contributed by atoms with Gasteiger partial charge in [0.25, 0.3) is 0 Å². The number of benzene rings is 1. The number of hydrogen-bond donors (Lipinski definition) is 4. The molecule has 6 nitrogen and oxygen atoms in total. The van der Waals surface area contributed by atoms with Crippen LogP contribution in [0.3, 0.4) is 0 Å². The van der Waals surface area contributed by atoms with Gasteiger partial charge in [-0.25, -0.2) is 0 Å². The highest BCUT2D eigenvalue weighted by Gasteiger charge is 2.41. The van der Waals surface area contributed by atoms with E-state index in [1.54, 1.807) is 12.1 Å². The van der Waals surface area contributed by atoms with Gasteiger partial charge < -0.3 is 25.2 Å². The van der Waals surface area contributed by atoms with Crippen LogP contribution in [-0.2, 0) is 4.79 Å². The van der Waals surface area contributed by atoms with Crippen LogP contribution in [0.15, 0.2) is 18.2 Å². The van der Waals surface area contributed by atoms with Gasteiger partial charge in [0.15, 0.2) is 0 Å². The smallest absolute Gasteiger partial charge is 0.303 e. The number of aliphatic hydroxyl groups excluding tert-OH is 3. The number of aliphatic hydroxyl groups is 3. The summed E-state index contributed by atoms with van der Waals surface area (Å²) in [5, 5.41) is 39.9. The predicted octanol–water partition coefficient (Wildman–Crippen LogP) is 3.27. The monoisotopic (exact) mass is 446 g/mol. The third-order valence-corrected chi connectivity index (χ3v) is 7.13. The number of carboxylic acids is 1. The van der Waals surface area contributed by atoms with Crippen molar-refractivity contribution in [3.8, 4) is 5.75 Å². The van der Waals surface area contributed by atoms with Gasteiger partial charge in [0.2, 0.25) is 0 Å². The molecule has 0 amide bonds. The minimum atomic E-state index is -0.794. The number of thioether (sulfide) groups is 1. The molecule has 2 rings (SSSR count). The first-order valence-electron chi connectivity index (χ1n) is 10.0. The number of ether oxygens (including phenoxy) is 1. The van der Waals surface area contributed by atoms with E-state index in [1.165, 1.54) is 11.8 Å². The third kappa shape index (κ3) is 7.98. The van der Waals surface area contributed by atoms with Gasteiger partial charge in [0, 0.05) is 23.8 Å². The van der Waals surface area contributed by atoms with Gasteiger partial charge in [-0.2, -0.15) is 11.8 Å². The van der Waals surface area contributed by atoms with E-state index in [0.717, 1.165) is 24.8 Å². The molecule has 29 heavy (non-hydrogen) atoms. The van der Waals surface area contributed by atoms with Gasteiger partial charge in [-0.1, -0.05) is 30.5 Å². The molecule has 5 unspecified atom stereocenters. The molecule has 8 heteroatoms. The fourth-order valence-electron chi connectivity index (χ4n) is 3.66. The summed E-state index contributed by atoms with van der Waals surface area (Å²) in [5.41, 5.74) is 1.03. The zero-order valence-corrected chi connectivity index (χ0v) is 18.2. The average molecular weight is 447 g/mol. The second kappa shape index (κ2) is 12.0. The Bertz CT molecular complexity index is 658. The Kier molecular flexibility index (Phi) is 10.1. The summed E-state index contributed by atoms with van der Waals surface area (Å²) in [6.07, 6.45) is 1.55. The van der Waals surface area contributed by atoms with Crippen LogP contribution in [0.2, 0.25) is 5.02 Å². The summed E-state index contributed by atoms with van der Waals surface area (Å²) < 4.78 is 5.60. The normalized spacial score (nSPS) is 25.1. The molecule has 1 aromatic rings. The number of rotatable bonds is 12. The fraction of sp³-hybridized carbons (Fsp3) is 0.667. The Morgan fingerprint density at radius 1 is 1.28 bits per heavy atom. The number of aliphatic carboxylic acids is 1. The second-order valence-corrected chi connectivity index (χ2v) is 9.34. The van der Waals surface area contributed by atoms with Crippen molar-refractivity contribution in [3.63, 3.8) is 0 Å². The molecule has 0 aliphatic heterocycles. The van der Waals surface area contributed by atoms with Crippen molar-refractivity contribution in [3.05, 3.63) is 28.8 Å². The van der Waals surface area contributed by atoms with E-state index >= 15 is 0 Å². The average Bonchev–Trinajstić information content (AvgIpc) is 2.91. The predicted molar refractivity (Wildman–Crippen MR) is 115 cm³/mol. The molecule has 0 radical (unpaired) electrons. The lowest BCUT2D eigenvalue weighted by molar-refractivity contribution is -0.137. The standard InChI is InChI=1S/C21H31ClO6S/c1-13-7-8-19(16(22)9-13)28-11-14(23)12-29-21-15(17(24)10-18(21)25)5-3-2-4-6-20(26)27/h7-9,14-15,17-18,21,23-25H,2-6,10-12H2,1H3,(H,26,27). The maximum atomic E-state index is 10.6. The Morgan fingerprint density at radius 3 is 2.72 bits per heavy atom. The Morgan fingerprint density at radius 2 is 2.03 bits per heavy atom. The molecule has 1 aliphatic rings. The lowest BCUT2D eigenvalue weighted by Gasteiger charge is -2.24. The van der Waals surface area contributed by atoms with E-state index < -0.39 is 24.3 Å². The zero-order valence-electron chi connectivity index (χ0n) is 16.7. The van der Waals surface area contributed by atoms with Crippen LogP contribution >= 0.6 is 23.4 Å². The van der Waals surface area contributed by atoms with Gasteiger partial charge in [0.05, 0.1) is 23.3 Å². The molecule has 0 bridgehead atoms. The Hall–Kier alpha value is -0.990. The number of carbonyl (C=O) groups is 1. The number of carboxylic acid groups (broad SMARTS) is 1. The van der Waals surface area contributed by atoms with E-state index in [2.05, 4.69) is 0 Å². The van der Waals surface area contributed by atoms with Gasteiger partial charge >= 0.3 is 5.97 Å². The molecule has 1 aromatic carbocycles. The van der Waals surface area contributed by atoms with Crippen molar-refractivity contribution in [1.29, 1.82) is 0 Å². The van der Waals surface area contributed by atoms with Crippen molar-refractivity contribution in [2.24, 2.45) is 5.92 Å². The molecule has 1 saturated carbocycles. The summed E-state index contributed by atoms with van der Waals surface area (Å²) in [4.78, 5) is 10.6. The molecule has 0 aromatic heterocycles. The quantitative estimate of drug-likeness (QED) is 0.365. The van der Waals surface area contributed by atoms with Crippen molar-refractivity contribution in [2.75, 3.05) is 12.4 Å². The van der Waals surface area contributed by atoms with Crippen molar-refractivity contribution < 1.29 is 30.0 Å². The van der Waals surface area contributed by atoms with E-state index in [1.807, 2.05) is 13.0 Å². The fourth-order valence-corrected chi connectivity index (χ4v) is 5.39. The van der Waals surface area contributed by atoms with Gasteiger partial charge in [-0.05, 0) is 43.4 Å². The van der Waals surface area contributed by atoms with E-state index in [-0.39, 0.29) is 24.2 Å². The molecule has 4 N–H and O–H groups in total. The molecule has 0 saturated heterocycles. The van der Waals surface area contributed by atoms with Crippen LogP contribution in [0.1, 0.15) is 44.1 Å². The molecule has 0 heterocycles. The van der Waals surface area contributed by atoms with Gasteiger partial charge in [-0.3, -0.25) is 4.79 Å². The molecule has 1 aliphatic carbocycles. The van der Waals surface area contributed by atoms with Crippen molar-refractivity contribution in [1.82, 2.24) is 0 Å². The van der Waals surface area contributed by atoms with Gasteiger partial charge in [0.1, 0.15) is 12.4 Å². The Labute approximate surface area is 181 Å². The Balaban J connectivity index is 1.76. The first kappa shape index (κ1) is 24.3. The summed E-state index contributed by atoms with van der Waals surface area (Å²) in [7, 11) is 0. The van der Waals surface area contributed by atoms with Crippen LogP contribution in [0.5, 0.6) is 5.75 Å². The van der Waals surface area contributed by atoms with Crippen molar-refractivity contribution in [2.45, 2.75) is 69.0 Å². The number of hydrogen-bond acceptors (Lipinski definition) is 6. The maximum absolute atomic E-state index is 10.6. The summed E-state index contributed by atoms with van der Waals surface area (Å²) >= 11 is 7.59. The summed E-state index contributed by atoms with van der Waals surface area (Å²) in [5.74, 6) is 0.0576. The first-order chi connectivity index (χ1) is 13.8. The lowest BCUT2D eigenvalue weighted by Crippen LogP contribution is -2.28. The summed E-state index contributed by atoms with van der Waals surface area (Å²) in [6.45, 7) is 2.03. The van der Waals surface area contributed by atoms with Gasteiger partial charge in [-0.15, -0.1) is 0 Å². The highest BCUT2D eigenvalue weighted by atomic mass is 35.5. The summed E-state index contributed by atoms with van der Waals surface area (Å²) in [6, 6.07) is 5.46. The molecule has 1 fully saturated rings. The zero-order chi connectivity index (χ0) is 21.4. The van der Waals surface area contributed by atoms with Crippen LogP contribution in [0.25, 0.3) is 0 Å². The molecule has 164 valence electrons. The van der Waals surface area contributed by atoms with E-state index in [0.29, 0.717) is 29.4 Å². The maximum Gasteiger partial charge on any atom is 0.303 e. The largest absolute Gasteiger partial charge is 0.489 e.